The van der Waals surface area contributed by atoms with E-state index < -0.39 is 32.5 Å². The second-order valence-electron chi connectivity index (χ2n) is 11.8. The number of esters is 2. The van der Waals surface area contributed by atoms with Crippen molar-refractivity contribution >= 4 is 19.8 Å². The lowest BCUT2D eigenvalue weighted by Gasteiger charge is -2.19. The van der Waals surface area contributed by atoms with Crippen molar-refractivity contribution in [2.75, 3.05) is 26.4 Å². The van der Waals surface area contributed by atoms with E-state index in [1.54, 1.807) is 0 Å². The van der Waals surface area contributed by atoms with Crippen molar-refractivity contribution in [2.24, 2.45) is 5.73 Å². The lowest BCUT2D eigenvalue weighted by Crippen LogP contribution is -2.29. The Labute approximate surface area is 263 Å². The molecule has 2 unspecified atom stereocenters. The molecule has 0 bridgehead atoms. The number of nitrogens with two attached hydrogens (primary N) is 1. The maximum absolute atomic E-state index is 12.2. The molecule has 0 saturated carbocycles. The Hall–Kier alpha value is -0.990. The molecule has 9 nitrogen and oxygen atoms in total. The fourth-order valence-corrected chi connectivity index (χ4v) is 5.77. The lowest BCUT2D eigenvalue weighted by molar-refractivity contribution is -0.160. The predicted octanol–water partition coefficient (Wildman–Crippen LogP) is 8.94. The third kappa shape index (κ3) is 32.2. The van der Waals surface area contributed by atoms with Crippen molar-refractivity contribution in [3.8, 4) is 0 Å². The first kappa shape index (κ1) is 42.0. The molecule has 2 atom stereocenters. The van der Waals surface area contributed by atoms with E-state index in [1.165, 1.54) is 135 Å². The minimum atomic E-state index is -4.33. The third-order valence-corrected chi connectivity index (χ3v) is 8.54. The summed E-state index contributed by atoms with van der Waals surface area (Å²) in [4.78, 5) is 32.9. The van der Waals surface area contributed by atoms with Gasteiger partial charge >= 0.3 is 19.8 Å². The number of unbranched alkanes of at least 4 members (excludes halogenated alkanes) is 22. The van der Waals surface area contributed by atoms with Gasteiger partial charge in [0.2, 0.25) is 0 Å². The van der Waals surface area contributed by atoms with Crippen molar-refractivity contribution in [2.45, 2.75) is 174 Å². The van der Waals surface area contributed by atoms with Gasteiger partial charge in [0.15, 0.2) is 6.10 Å². The summed E-state index contributed by atoms with van der Waals surface area (Å²) in [5, 5.41) is 0. The van der Waals surface area contributed by atoms with Gasteiger partial charge in [-0.15, -0.1) is 0 Å². The number of carbonyl (C=O) groups is 2. The SMILES string of the molecule is CCCCCCCCCCCCCCCCCCCCCCCCCC(=O)OC(COC(C)=O)COP(=O)(O)OCCN. The van der Waals surface area contributed by atoms with Crippen LogP contribution in [-0.2, 0) is 32.7 Å². The first-order valence-corrected chi connectivity index (χ1v) is 18.9. The Morgan fingerprint density at radius 1 is 0.651 bits per heavy atom. The Morgan fingerprint density at radius 2 is 1.05 bits per heavy atom. The van der Waals surface area contributed by atoms with Gasteiger partial charge in [-0.1, -0.05) is 148 Å². The standard InChI is InChI=1S/C33H66NO8P/c1-3-4-5-6-7-8-9-10-11-12-13-14-15-16-17-18-19-20-21-22-23-24-25-26-33(36)42-32(29-39-31(2)35)30-41-43(37,38)40-28-27-34/h32H,3-30,34H2,1-2H3,(H,37,38). The zero-order valence-electron chi connectivity index (χ0n) is 27.7. The molecule has 43 heavy (non-hydrogen) atoms. The monoisotopic (exact) mass is 635 g/mol. The largest absolute Gasteiger partial charge is 0.472 e. The number of phosphoric acid groups is 1. The van der Waals surface area contributed by atoms with Gasteiger partial charge in [-0.25, -0.2) is 4.57 Å². The smallest absolute Gasteiger partial charge is 0.462 e. The van der Waals surface area contributed by atoms with Crippen molar-refractivity contribution in [3.63, 3.8) is 0 Å². The number of carbonyl (C=O) groups excluding carboxylic acids is 2. The quantitative estimate of drug-likeness (QED) is 0.0411. The Bertz CT molecular complexity index is 694. The van der Waals surface area contributed by atoms with Gasteiger partial charge in [0.25, 0.3) is 0 Å². The highest BCUT2D eigenvalue weighted by atomic mass is 31.2. The molecular weight excluding hydrogens is 569 g/mol. The van der Waals surface area contributed by atoms with Gasteiger partial charge in [-0.3, -0.25) is 18.6 Å². The average molecular weight is 636 g/mol. The van der Waals surface area contributed by atoms with E-state index >= 15 is 0 Å². The van der Waals surface area contributed by atoms with Crippen LogP contribution in [0.1, 0.15) is 168 Å². The molecule has 0 fully saturated rings. The molecule has 0 aliphatic carbocycles. The van der Waals surface area contributed by atoms with Gasteiger partial charge < -0.3 is 20.1 Å². The highest BCUT2D eigenvalue weighted by Gasteiger charge is 2.25. The maximum atomic E-state index is 12.2. The second-order valence-corrected chi connectivity index (χ2v) is 13.3. The number of hydrogen-bond donors (Lipinski definition) is 2. The average Bonchev–Trinajstić information content (AvgIpc) is 2.97. The molecule has 0 rings (SSSR count). The minimum absolute atomic E-state index is 0.0549. The summed E-state index contributed by atoms with van der Waals surface area (Å²) in [7, 11) is -4.33. The van der Waals surface area contributed by atoms with Crippen molar-refractivity contribution in [3.05, 3.63) is 0 Å². The second kappa shape index (κ2) is 31.0. The maximum Gasteiger partial charge on any atom is 0.472 e. The van der Waals surface area contributed by atoms with Gasteiger partial charge in [-0.2, -0.15) is 0 Å². The number of hydrogen-bond acceptors (Lipinski definition) is 8. The van der Waals surface area contributed by atoms with Crippen molar-refractivity contribution < 1.29 is 37.6 Å². The molecule has 3 N–H and O–H groups in total. The summed E-state index contributed by atoms with van der Waals surface area (Å²) in [6.45, 7) is 2.71. The van der Waals surface area contributed by atoms with Crippen LogP contribution in [-0.4, -0.2) is 49.3 Å². The van der Waals surface area contributed by atoms with Crippen molar-refractivity contribution in [1.29, 1.82) is 0 Å². The van der Waals surface area contributed by atoms with Crippen LogP contribution in [0.15, 0.2) is 0 Å². The zero-order chi connectivity index (χ0) is 31.9. The van der Waals surface area contributed by atoms with Gasteiger partial charge in [0.05, 0.1) is 13.2 Å². The Morgan fingerprint density at radius 3 is 1.42 bits per heavy atom. The first-order valence-electron chi connectivity index (χ1n) is 17.5. The van der Waals surface area contributed by atoms with Gasteiger partial charge in [-0.05, 0) is 6.42 Å². The van der Waals surface area contributed by atoms with E-state index in [4.69, 9.17) is 19.7 Å². The molecule has 10 heteroatoms. The molecule has 0 aromatic heterocycles. The van der Waals surface area contributed by atoms with Crippen LogP contribution in [0, 0.1) is 0 Å². The first-order chi connectivity index (χ1) is 20.8. The summed E-state index contributed by atoms with van der Waals surface area (Å²) >= 11 is 0. The molecule has 256 valence electrons. The molecule has 0 aliphatic heterocycles. The van der Waals surface area contributed by atoms with Crippen molar-refractivity contribution in [1.82, 2.24) is 0 Å². The summed E-state index contributed by atoms with van der Waals surface area (Å²) in [5.74, 6) is -1.01. The molecule has 0 heterocycles. The van der Waals surface area contributed by atoms with Crippen LogP contribution in [0.5, 0.6) is 0 Å². The van der Waals surface area contributed by atoms with Crippen LogP contribution < -0.4 is 5.73 Å². The Balaban J connectivity index is 3.60. The van der Waals surface area contributed by atoms with E-state index in [0.29, 0.717) is 6.42 Å². The van der Waals surface area contributed by atoms with Gasteiger partial charge in [0.1, 0.15) is 6.61 Å². The fraction of sp³-hybridized carbons (Fsp3) is 0.939. The van der Waals surface area contributed by atoms with Gasteiger partial charge in [0, 0.05) is 19.9 Å². The molecule has 0 radical (unpaired) electrons. The number of phosphoric ester groups is 1. The van der Waals surface area contributed by atoms with E-state index in [-0.39, 0.29) is 26.2 Å². The Kier molecular flexibility index (Phi) is 30.3. The summed E-state index contributed by atoms with van der Waals surface area (Å²) in [5.41, 5.74) is 5.25. The molecule has 0 aromatic carbocycles. The summed E-state index contributed by atoms with van der Waals surface area (Å²) < 4.78 is 31.5. The third-order valence-electron chi connectivity index (χ3n) is 7.55. The van der Waals surface area contributed by atoms with Crippen LogP contribution in [0.4, 0.5) is 0 Å². The number of rotatable bonds is 33. The van der Waals surface area contributed by atoms with E-state index in [0.717, 1.165) is 12.8 Å². The fourth-order valence-electron chi connectivity index (χ4n) is 5.01. The highest BCUT2D eigenvalue weighted by Crippen LogP contribution is 2.43. The lowest BCUT2D eigenvalue weighted by atomic mass is 10.0. The molecule has 0 aliphatic rings. The summed E-state index contributed by atoms with van der Waals surface area (Å²) in [6.07, 6.45) is 29.4. The van der Waals surface area contributed by atoms with Crippen LogP contribution in [0.2, 0.25) is 0 Å². The predicted molar refractivity (Wildman–Crippen MR) is 174 cm³/mol. The van der Waals surface area contributed by atoms with E-state index in [9.17, 15) is 19.0 Å². The summed E-state index contributed by atoms with van der Waals surface area (Å²) in [6, 6.07) is 0. The molecular formula is C33H66NO8P. The van der Waals surface area contributed by atoms with Crippen LogP contribution in [0.25, 0.3) is 0 Å². The van der Waals surface area contributed by atoms with Crippen LogP contribution in [0.3, 0.4) is 0 Å². The normalized spacial score (nSPS) is 13.5. The van der Waals surface area contributed by atoms with E-state index in [2.05, 4.69) is 11.4 Å². The molecule has 0 saturated heterocycles. The topological polar surface area (TPSA) is 134 Å². The van der Waals surface area contributed by atoms with E-state index in [1.807, 2.05) is 0 Å². The highest BCUT2D eigenvalue weighted by molar-refractivity contribution is 7.47. The van der Waals surface area contributed by atoms with Crippen LogP contribution >= 0.6 is 7.82 Å². The molecule has 0 amide bonds. The zero-order valence-corrected chi connectivity index (χ0v) is 28.6. The minimum Gasteiger partial charge on any atom is -0.462 e. The molecule has 0 spiro atoms. The number of ether oxygens (including phenoxy) is 2. The molecule has 0 aromatic rings.